The summed E-state index contributed by atoms with van der Waals surface area (Å²) in [7, 11) is -3.45. The molecule has 0 aromatic heterocycles. The van der Waals surface area contributed by atoms with Crippen molar-refractivity contribution in [1.29, 1.82) is 0 Å². The molecular formula is C16H21NO3S. The smallest absolute Gasteiger partial charge is 0.243 e. The standard InChI is InChI=1S/C16H21NO3S/c1-14-7-2-4-11-17(14)21(19,20)16-10-6-9-15(13-16)8-3-5-12-18/h6,9-10,13-14,18H,2,4-5,7,11-12H2,1H3. The maximum absolute atomic E-state index is 12.7. The second-order valence-electron chi connectivity index (χ2n) is 5.26. The van der Waals surface area contributed by atoms with Gasteiger partial charge in [0, 0.05) is 24.6 Å². The van der Waals surface area contributed by atoms with E-state index in [1.54, 1.807) is 28.6 Å². The van der Waals surface area contributed by atoms with E-state index in [2.05, 4.69) is 11.8 Å². The Bertz CT molecular complexity index is 643. The summed E-state index contributed by atoms with van der Waals surface area (Å²) in [6.45, 7) is 2.56. The Kier molecular flexibility index (Phi) is 5.40. The van der Waals surface area contributed by atoms with E-state index in [1.807, 2.05) is 6.92 Å². The Morgan fingerprint density at radius 3 is 2.90 bits per heavy atom. The molecule has 1 N–H and O–H groups in total. The van der Waals surface area contributed by atoms with E-state index in [4.69, 9.17) is 5.11 Å². The van der Waals surface area contributed by atoms with Crippen LogP contribution >= 0.6 is 0 Å². The van der Waals surface area contributed by atoms with Crippen LogP contribution in [0.25, 0.3) is 0 Å². The molecule has 1 aliphatic heterocycles. The van der Waals surface area contributed by atoms with Crippen LogP contribution in [-0.4, -0.2) is 37.0 Å². The number of hydrogen-bond acceptors (Lipinski definition) is 3. The third kappa shape index (κ3) is 3.85. The summed E-state index contributed by atoms with van der Waals surface area (Å²) < 4.78 is 27.0. The molecule has 21 heavy (non-hydrogen) atoms. The van der Waals surface area contributed by atoms with Crippen LogP contribution in [0.3, 0.4) is 0 Å². The first-order chi connectivity index (χ1) is 10.1. The van der Waals surface area contributed by atoms with E-state index in [1.165, 1.54) is 0 Å². The second-order valence-corrected chi connectivity index (χ2v) is 7.15. The zero-order valence-corrected chi connectivity index (χ0v) is 13.1. The Morgan fingerprint density at radius 1 is 1.38 bits per heavy atom. The predicted molar refractivity (Wildman–Crippen MR) is 82.2 cm³/mol. The molecule has 1 unspecified atom stereocenters. The Hall–Kier alpha value is -1.35. The van der Waals surface area contributed by atoms with Crippen LogP contribution in [0.5, 0.6) is 0 Å². The molecule has 1 aliphatic rings. The fraction of sp³-hybridized carbons (Fsp3) is 0.500. The molecular weight excluding hydrogens is 286 g/mol. The fourth-order valence-electron chi connectivity index (χ4n) is 2.52. The van der Waals surface area contributed by atoms with Crippen molar-refractivity contribution < 1.29 is 13.5 Å². The van der Waals surface area contributed by atoms with Crippen molar-refractivity contribution in [3.8, 4) is 11.8 Å². The quantitative estimate of drug-likeness (QED) is 0.869. The third-order valence-electron chi connectivity index (χ3n) is 3.65. The van der Waals surface area contributed by atoms with Gasteiger partial charge in [-0.1, -0.05) is 24.3 Å². The van der Waals surface area contributed by atoms with Crippen LogP contribution < -0.4 is 0 Å². The van der Waals surface area contributed by atoms with Crippen LogP contribution in [0.1, 0.15) is 38.2 Å². The van der Waals surface area contributed by atoms with E-state index in [0.29, 0.717) is 23.4 Å². The highest BCUT2D eigenvalue weighted by atomic mass is 32.2. The van der Waals surface area contributed by atoms with E-state index < -0.39 is 10.0 Å². The number of rotatable bonds is 3. The summed E-state index contributed by atoms with van der Waals surface area (Å²) in [5.41, 5.74) is 0.661. The lowest BCUT2D eigenvalue weighted by Gasteiger charge is -2.32. The molecule has 0 amide bonds. The summed E-state index contributed by atoms with van der Waals surface area (Å²) in [6, 6.07) is 6.77. The zero-order chi connectivity index (χ0) is 15.3. The molecule has 0 spiro atoms. The van der Waals surface area contributed by atoms with Gasteiger partial charge in [0.25, 0.3) is 0 Å². The molecule has 0 bridgehead atoms. The number of piperidine rings is 1. The first-order valence-corrected chi connectivity index (χ1v) is 8.71. The van der Waals surface area contributed by atoms with Crippen molar-refractivity contribution in [2.45, 2.75) is 43.5 Å². The van der Waals surface area contributed by atoms with Gasteiger partial charge in [0.2, 0.25) is 10.0 Å². The van der Waals surface area contributed by atoms with E-state index in [0.717, 1.165) is 19.3 Å². The molecule has 1 heterocycles. The average Bonchev–Trinajstić information content (AvgIpc) is 2.48. The maximum Gasteiger partial charge on any atom is 0.243 e. The Labute approximate surface area is 126 Å². The third-order valence-corrected chi connectivity index (χ3v) is 5.66. The van der Waals surface area contributed by atoms with E-state index in [9.17, 15) is 8.42 Å². The van der Waals surface area contributed by atoms with Crippen molar-refractivity contribution in [3.63, 3.8) is 0 Å². The SMILES string of the molecule is CC1CCCCN1S(=O)(=O)c1cccc(C#CCCO)c1. The number of benzene rings is 1. The average molecular weight is 307 g/mol. The predicted octanol–water partition coefficient (Wildman–Crippen LogP) is 1.98. The first kappa shape index (κ1) is 16.0. The van der Waals surface area contributed by atoms with Gasteiger partial charge in [0.15, 0.2) is 0 Å². The molecule has 2 rings (SSSR count). The molecule has 5 heteroatoms. The summed E-state index contributed by atoms with van der Waals surface area (Å²) in [5, 5.41) is 8.72. The van der Waals surface area contributed by atoms with Gasteiger partial charge in [-0.15, -0.1) is 0 Å². The highest BCUT2D eigenvalue weighted by Gasteiger charge is 2.30. The molecule has 1 aromatic carbocycles. The maximum atomic E-state index is 12.7. The van der Waals surface area contributed by atoms with Gasteiger partial charge in [-0.3, -0.25) is 0 Å². The van der Waals surface area contributed by atoms with Crippen molar-refractivity contribution in [2.24, 2.45) is 0 Å². The summed E-state index contributed by atoms with van der Waals surface area (Å²) >= 11 is 0. The van der Waals surface area contributed by atoms with Crippen LogP contribution in [0.4, 0.5) is 0 Å². The topological polar surface area (TPSA) is 57.6 Å². The van der Waals surface area contributed by atoms with Crippen LogP contribution in [-0.2, 0) is 10.0 Å². The minimum absolute atomic E-state index is 0.0102. The highest BCUT2D eigenvalue weighted by molar-refractivity contribution is 7.89. The summed E-state index contributed by atoms with van der Waals surface area (Å²) in [4.78, 5) is 0.298. The number of nitrogens with zero attached hydrogens (tertiary/aromatic N) is 1. The summed E-state index contributed by atoms with van der Waals surface area (Å²) in [5.74, 6) is 5.69. The second kappa shape index (κ2) is 7.08. The molecule has 114 valence electrons. The van der Waals surface area contributed by atoms with E-state index in [-0.39, 0.29) is 12.6 Å². The lowest BCUT2D eigenvalue weighted by Crippen LogP contribution is -2.41. The van der Waals surface area contributed by atoms with E-state index >= 15 is 0 Å². The normalized spacial score (nSPS) is 19.8. The van der Waals surface area contributed by atoms with Crippen LogP contribution in [0.2, 0.25) is 0 Å². The van der Waals surface area contributed by atoms with Gasteiger partial charge in [-0.25, -0.2) is 8.42 Å². The van der Waals surface area contributed by atoms with Gasteiger partial charge in [0.1, 0.15) is 0 Å². The molecule has 1 saturated heterocycles. The lowest BCUT2D eigenvalue weighted by atomic mass is 10.1. The Morgan fingerprint density at radius 2 is 2.19 bits per heavy atom. The van der Waals surface area contributed by atoms with Gasteiger partial charge < -0.3 is 5.11 Å². The van der Waals surface area contributed by atoms with Crippen LogP contribution in [0.15, 0.2) is 29.2 Å². The number of aliphatic hydroxyl groups excluding tert-OH is 1. The van der Waals surface area contributed by atoms with Crippen molar-refractivity contribution >= 4 is 10.0 Å². The fourth-order valence-corrected chi connectivity index (χ4v) is 4.26. The largest absolute Gasteiger partial charge is 0.395 e. The van der Waals surface area contributed by atoms with Crippen molar-refractivity contribution in [2.75, 3.05) is 13.2 Å². The first-order valence-electron chi connectivity index (χ1n) is 7.27. The van der Waals surface area contributed by atoms with Crippen LogP contribution in [0, 0.1) is 11.8 Å². The minimum Gasteiger partial charge on any atom is -0.395 e. The number of aliphatic hydroxyl groups is 1. The molecule has 0 saturated carbocycles. The van der Waals surface area contributed by atoms with Crippen molar-refractivity contribution in [1.82, 2.24) is 4.31 Å². The highest BCUT2D eigenvalue weighted by Crippen LogP contribution is 2.25. The molecule has 4 nitrogen and oxygen atoms in total. The monoisotopic (exact) mass is 307 g/mol. The minimum atomic E-state index is -3.45. The van der Waals surface area contributed by atoms with Gasteiger partial charge in [-0.05, 0) is 38.0 Å². The summed E-state index contributed by atoms with van der Waals surface area (Å²) in [6.07, 6.45) is 3.30. The Balaban J connectivity index is 2.28. The zero-order valence-electron chi connectivity index (χ0n) is 12.2. The van der Waals surface area contributed by atoms with Gasteiger partial charge in [0.05, 0.1) is 11.5 Å². The molecule has 1 fully saturated rings. The van der Waals surface area contributed by atoms with Gasteiger partial charge >= 0.3 is 0 Å². The molecule has 1 aromatic rings. The van der Waals surface area contributed by atoms with Gasteiger partial charge in [-0.2, -0.15) is 4.31 Å². The number of hydrogen-bond donors (Lipinski definition) is 1. The molecule has 0 radical (unpaired) electrons. The molecule has 1 atom stereocenters. The van der Waals surface area contributed by atoms with Crippen molar-refractivity contribution in [3.05, 3.63) is 29.8 Å². The lowest BCUT2D eigenvalue weighted by molar-refractivity contribution is 0.268. The number of sulfonamides is 1. The molecule has 0 aliphatic carbocycles.